The van der Waals surface area contributed by atoms with Crippen molar-refractivity contribution in [1.82, 2.24) is 9.55 Å². The van der Waals surface area contributed by atoms with Crippen molar-refractivity contribution in [2.75, 3.05) is 5.32 Å². The topological polar surface area (TPSA) is 64.0 Å². The maximum Gasteiger partial charge on any atom is 0.298 e. The van der Waals surface area contributed by atoms with Crippen molar-refractivity contribution in [3.63, 3.8) is 0 Å². The Bertz CT molecular complexity index is 1480. The van der Waals surface area contributed by atoms with E-state index in [9.17, 15) is 9.59 Å². The number of benzene rings is 3. The number of aryl methyl sites for hydroxylation is 1. The first-order valence-electron chi connectivity index (χ1n) is 10.0. The summed E-state index contributed by atoms with van der Waals surface area (Å²) in [5.41, 5.74) is 3.52. The number of Topliss-reactive ketones (excluding diaryl/α,β-unsaturated/α-hetero) is 1. The number of fused-ring (bicyclic) bond motifs is 3. The minimum absolute atomic E-state index is 0.345. The van der Waals surface area contributed by atoms with Crippen LogP contribution in [0.2, 0.25) is 5.02 Å². The van der Waals surface area contributed by atoms with Crippen LogP contribution in [0.5, 0.6) is 0 Å². The number of ketones is 1. The Hall–Kier alpha value is -3.48. The highest BCUT2D eigenvalue weighted by Crippen LogP contribution is 2.31. The quantitative estimate of drug-likeness (QED) is 0.256. The monoisotopic (exact) mass is 459 g/mol. The Morgan fingerprint density at radius 1 is 1.00 bits per heavy atom. The molecule has 0 aliphatic rings. The molecular formula is C25H18ClN3O2S. The van der Waals surface area contributed by atoms with Crippen LogP contribution in [0.15, 0.2) is 72.9 Å². The van der Waals surface area contributed by atoms with Gasteiger partial charge >= 0.3 is 0 Å². The van der Waals surface area contributed by atoms with Crippen molar-refractivity contribution in [2.45, 2.75) is 13.5 Å². The first-order valence-corrected chi connectivity index (χ1v) is 11.2. The van der Waals surface area contributed by atoms with Gasteiger partial charge in [0.2, 0.25) is 0 Å². The molecule has 0 atom stereocenters. The van der Waals surface area contributed by atoms with Gasteiger partial charge in [0.15, 0.2) is 5.13 Å². The van der Waals surface area contributed by atoms with Gasteiger partial charge in [0, 0.05) is 50.0 Å². The third-order valence-electron chi connectivity index (χ3n) is 5.34. The van der Waals surface area contributed by atoms with Gasteiger partial charge in [0.05, 0.1) is 0 Å². The highest BCUT2D eigenvalue weighted by molar-refractivity contribution is 7.15. The Kier molecular flexibility index (Phi) is 5.25. The van der Waals surface area contributed by atoms with E-state index in [-0.39, 0.29) is 0 Å². The van der Waals surface area contributed by atoms with E-state index in [2.05, 4.69) is 20.9 Å². The molecule has 0 aliphatic heterocycles. The zero-order valence-corrected chi connectivity index (χ0v) is 18.7. The van der Waals surface area contributed by atoms with Crippen LogP contribution in [0.1, 0.15) is 20.8 Å². The maximum atomic E-state index is 12.8. The lowest BCUT2D eigenvalue weighted by Gasteiger charge is -2.08. The largest absolute Gasteiger partial charge is 0.336 e. The molecule has 32 heavy (non-hydrogen) atoms. The van der Waals surface area contributed by atoms with Gasteiger partial charge in [-0.05, 0) is 48.9 Å². The standard InChI is InChI=1S/C25H18ClN3O2S/c1-15-13-27-25(32-15)28-24(31)23(30)17-8-11-22-20(12-17)19-4-2-3-5-21(19)29(22)14-16-6-9-18(26)10-7-16/h2-13H,14H2,1H3,(H,27,28,31). The summed E-state index contributed by atoms with van der Waals surface area (Å²) in [5, 5.41) is 5.67. The molecule has 0 radical (unpaired) electrons. The number of rotatable bonds is 5. The molecule has 7 heteroatoms. The normalized spacial score (nSPS) is 11.2. The van der Waals surface area contributed by atoms with Gasteiger partial charge in [-0.2, -0.15) is 0 Å². The van der Waals surface area contributed by atoms with Crippen molar-refractivity contribution in [2.24, 2.45) is 0 Å². The fourth-order valence-corrected chi connectivity index (χ4v) is 4.62. The van der Waals surface area contributed by atoms with Crippen LogP contribution in [-0.2, 0) is 11.3 Å². The average Bonchev–Trinajstić information content (AvgIpc) is 3.35. The average molecular weight is 460 g/mol. The molecule has 0 bridgehead atoms. The van der Waals surface area contributed by atoms with E-state index < -0.39 is 11.7 Å². The lowest BCUT2D eigenvalue weighted by atomic mass is 10.1. The van der Waals surface area contributed by atoms with E-state index in [0.29, 0.717) is 22.3 Å². The first-order chi connectivity index (χ1) is 15.5. The molecule has 0 fully saturated rings. The van der Waals surface area contributed by atoms with Crippen LogP contribution >= 0.6 is 22.9 Å². The van der Waals surface area contributed by atoms with Crippen LogP contribution in [0.3, 0.4) is 0 Å². The van der Waals surface area contributed by atoms with E-state index in [1.807, 2.05) is 55.5 Å². The molecular weight excluding hydrogens is 442 g/mol. The number of thiazole rings is 1. The number of carbonyl (C=O) groups is 2. The molecule has 0 saturated carbocycles. The molecule has 1 N–H and O–H groups in total. The highest BCUT2D eigenvalue weighted by atomic mass is 35.5. The van der Waals surface area contributed by atoms with E-state index in [1.165, 1.54) is 11.3 Å². The minimum Gasteiger partial charge on any atom is -0.336 e. The summed E-state index contributed by atoms with van der Waals surface area (Å²) in [6.45, 7) is 2.56. The summed E-state index contributed by atoms with van der Waals surface area (Å²) in [5.74, 6) is -1.28. The molecule has 5 rings (SSSR count). The number of anilines is 1. The van der Waals surface area contributed by atoms with Gasteiger partial charge in [-0.1, -0.05) is 41.9 Å². The summed E-state index contributed by atoms with van der Waals surface area (Å²) < 4.78 is 2.21. The molecule has 1 amide bonds. The van der Waals surface area contributed by atoms with Gasteiger partial charge in [-0.25, -0.2) is 4.98 Å². The van der Waals surface area contributed by atoms with Crippen LogP contribution < -0.4 is 5.32 Å². The van der Waals surface area contributed by atoms with Crippen molar-refractivity contribution < 1.29 is 9.59 Å². The van der Waals surface area contributed by atoms with Gasteiger partial charge < -0.3 is 4.57 Å². The van der Waals surface area contributed by atoms with E-state index in [1.54, 1.807) is 18.3 Å². The van der Waals surface area contributed by atoms with Crippen LogP contribution in [0.25, 0.3) is 21.8 Å². The Morgan fingerprint density at radius 3 is 2.50 bits per heavy atom. The second-order valence-corrected chi connectivity index (χ2v) is 9.19. The number of hydrogen-bond donors (Lipinski definition) is 1. The van der Waals surface area contributed by atoms with Gasteiger partial charge in [-0.3, -0.25) is 14.9 Å². The smallest absolute Gasteiger partial charge is 0.298 e. The molecule has 0 saturated heterocycles. The molecule has 0 unspecified atom stereocenters. The summed E-state index contributed by atoms with van der Waals surface area (Å²) >= 11 is 7.37. The van der Waals surface area contributed by atoms with Crippen molar-refractivity contribution in [1.29, 1.82) is 0 Å². The maximum absolute atomic E-state index is 12.8. The van der Waals surface area contributed by atoms with Crippen LogP contribution in [-0.4, -0.2) is 21.2 Å². The third-order valence-corrected chi connectivity index (χ3v) is 6.42. The number of aromatic nitrogens is 2. The van der Waals surface area contributed by atoms with E-state index in [0.717, 1.165) is 32.2 Å². The van der Waals surface area contributed by atoms with Crippen molar-refractivity contribution in [3.8, 4) is 0 Å². The fraction of sp³-hybridized carbons (Fsp3) is 0.0800. The van der Waals surface area contributed by atoms with Crippen LogP contribution in [0.4, 0.5) is 5.13 Å². The number of para-hydroxylation sites is 1. The Morgan fingerprint density at radius 2 is 1.75 bits per heavy atom. The molecule has 5 aromatic rings. The lowest BCUT2D eigenvalue weighted by Crippen LogP contribution is -2.22. The predicted octanol–water partition coefficient (Wildman–Crippen LogP) is 6.08. The molecule has 5 nitrogen and oxygen atoms in total. The number of amides is 1. The number of hydrogen-bond acceptors (Lipinski definition) is 4. The number of carbonyl (C=O) groups excluding carboxylic acids is 2. The minimum atomic E-state index is -0.691. The van der Waals surface area contributed by atoms with E-state index >= 15 is 0 Å². The van der Waals surface area contributed by atoms with Gasteiger partial charge in [0.25, 0.3) is 11.7 Å². The molecule has 158 valence electrons. The lowest BCUT2D eigenvalue weighted by molar-refractivity contribution is -0.112. The third kappa shape index (κ3) is 3.79. The zero-order valence-electron chi connectivity index (χ0n) is 17.1. The number of nitrogens with zero attached hydrogens (tertiary/aromatic N) is 2. The predicted molar refractivity (Wildman–Crippen MR) is 130 cm³/mol. The zero-order chi connectivity index (χ0) is 22.2. The summed E-state index contributed by atoms with van der Waals surface area (Å²) in [6, 6.07) is 21.2. The van der Waals surface area contributed by atoms with Crippen molar-refractivity contribution >= 4 is 61.6 Å². The number of nitrogens with one attached hydrogen (secondary N) is 1. The van der Waals surface area contributed by atoms with Gasteiger partial charge in [-0.15, -0.1) is 11.3 Å². The summed E-state index contributed by atoms with van der Waals surface area (Å²) in [6.07, 6.45) is 1.66. The number of halogens is 1. The fourth-order valence-electron chi connectivity index (χ4n) is 3.84. The molecule has 3 aromatic carbocycles. The first kappa shape index (κ1) is 20.4. The summed E-state index contributed by atoms with van der Waals surface area (Å²) in [4.78, 5) is 30.4. The Labute approximate surface area is 193 Å². The SMILES string of the molecule is Cc1cnc(NC(=O)C(=O)c2ccc3c(c2)c2ccccc2n3Cc2ccc(Cl)cc2)s1. The molecule has 0 aliphatic carbocycles. The van der Waals surface area contributed by atoms with Crippen molar-refractivity contribution in [3.05, 3.63) is 94.0 Å². The van der Waals surface area contributed by atoms with Gasteiger partial charge in [0.1, 0.15) is 0 Å². The molecule has 2 heterocycles. The molecule has 0 spiro atoms. The van der Waals surface area contributed by atoms with Crippen LogP contribution in [0, 0.1) is 6.92 Å². The second-order valence-electron chi connectivity index (χ2n) is 7.52. The van der Waals surface area contributed by atoms with E-state index in [4.69, 9.17) is 11.6 Å². The Balaban J connectivity index is 1.53. The summed E-state index contributed by atoms with van der Waals surface area (Å²) in [7, 11) is 0. The molecule has 2 aromatic heterocycles. The second kappa shape index (κ2) is 8.22. The highest BCUT2D eigenvalue weighted by Gasteiger charge is 2.20.